The third-order valence-corrected chi connectivity index (χ3v) is 1.73. The summed E-state index contributed by atoms with van der Waals surface area (Å²) in [6, 6.07) is -0.543. The zero-order chi connectivity index (χ0) is 10.3. The largest absolute Gasteiger partial charge is 0.465 e. The van der Waals surface area contributed by atoms with Gasteiger partial charge in [-0.1, -0.05) is 0 Å². The van der Waals surface area contributed by atoms with Crippen LogP contribution in [-0.4, -0.2) is 29.8 Å². The van der Waals surface area contributed by atoms with Crippen LogP contribution in [0.4, 0.5) is 0 Å². The highest BCUT2D eigenvalue weighted by molar-refractivity contribution is 5.75. The predicted molar refractivity (Wildman–Crippen MR) is 50.1 cm³/mol. The SMILES string of the molecule is CCOC(=O)C(N)CCCC(C)O. The van der Waals surface area contributed by atoms with Crippen molar-refractivity contribution in [3.05, 3.63) is 0 Å². The Morgan fingerprint density at radius 2 is 2.15 bits per heavy atom. The molecule has 0 saturated carbocycles. The lowest BCUT2D eigenvalue weighted by atomic mass is 10.1. The van der Waals surface area contributed by atoms with Crippen LogP contribution in [0.3, 0.4) is 0 Å². The number of hydrogen-bond acceptors (Lipinski definition) is 4. The highest BCUT2D eigenvalue weighted by Gasteiger charge is 2.13. The first-order chi connectivity index (χ1) is 6.07. The number of nitrogens with two attached hydrogens (primary N) is 1. The Morgan fingerprint density at radius 1 is 1.54 bits per heavy atom. The lowest BCUT2D eigenvalue weighted by Gasteiger charge is -2.10. The highest BCUT2D eigenvalue weighted by atomic mass is 16.5. The van der Waals surface area contributed by atoms with Crippen molar-refractivity contribution in [2.45, 2.75) is 45.3 Å². The highest BCUT2D eigenvalue weighted by Crippen LogP contribution is 2.03. The van der Waals surface area contributed by atoms with Gasteiger partial charge in [-0.25, -0.2) is 0 Å². The molecular formula is C9H19NO3. The van der Waals surface area contributed by atoms with E-state index in [0.29, 0.717) is 19.4 Å². The van der Waals surface area contributed by atoms with Gasteiger partial charge in [-0.3, -0.25) is 4.79 Å². The summed E-state index contributed by atoms with van der Waals surface area (Å²) in [4.78, 5) is 11.0. The normalized spacial score (nSPS) is 15.1. The second kappa shape index (κ2) is 6.86. The van der Waals surface area contributed by atoms with Crippen LogP contribution >= 0.6 is 0 Å². The van der Waals surface area contributed by atoms with Gasteiger partial charge in [0.25, 0.3) is 0 Å². The number of aliphatic hydroxyl groups excluding tert-OH is 1. The number of aliphatic hydroxyl groups is 1. The van der Waals surface area contributed by atoms with Crippen LogP contribution in [0, 0.1) is 0 Å². The maximum absolute atomic E-state index is 11.0. The van der Waals surface area contributed by atoms with Crippen molar-refractivity contribution in [1.29, 1.82) is 0 Å². The van der Waals surface area contributed by atoms with Crippen molar-refractivity contribution in [1.82, 2.24) is 0 Å². The summed E-state index contributed by atoms with van der Waals surface area (Å²) in [7, 11) is 0. The van der Waals surface area contributed by atoms with Gasteiger partial charge in [-0.15, -0.1) is 0 Å². The number of hydrogen-bond donors (Lipinski definition) is 2. The zero-order valence-corrected chi connectivity index (χ0v) is 8.32. The Labute approximate surface area is 79.1 Å². The first kappa shape index (κ1) is 12.4. The van der Waals surface area contributed by atoms with Gasteiger partial charge in [0.1, 0.15) is 6.04 Å². The van der Waals surface area contributed by atoms with E-state index in [2.05, 4.69) is 0 Å². The monoisotopic (exact) mass is 189 g/mol. The Balaban J connectivity index is 3.49. The molecule has 0 fully saturated rings. The summed E-state index contributed by atoms with van der Waals surface area (Å²) in [5.74, 6) is -0.354. The molecular weight excluding hydrogens is 170 g/mol. The molecule has 0 aliphatic rings. The van der Waals surface area contributed by atoms with Gasteiger partial charge in [0.2, 0.25) is 0 Å². The van der Waals surface area contributed by atoms with Crippen LogP contribution in [-0.2, 0) is 9.53 Å². The molecule has 4 nitrogen and oxygen atoms in total. The minimum atomic E-state index is -0.543. The van der Waals surface area contributed by atoms with Gasteiger partial charge in [0.05, 0.1) is 12.7 Å². The van der Waals surface area contributed by atoms with E-state index >= 15 is 0 Å². The smallest absolute Gasteiger partial charge is 0.322 e. The van der Waals surface area contributed by atoms with E-state index in [1.807, 2.05) is 0 Å². The molecule has 0 aliphatic carbocycles. The molecule has 0 aromatic rings. The van der Waals surface area contributed by atoms with Crippen molar-refractivity contribution in [3.63, 3.8) is 0 Å². The molecule has 4 heteroatoms. The summed E-state index contributed by atoms with van der Waals surface area (Å²) in [5.41, 5.74) is 5.53. The quantitative estimate of drug-likeness (QED) is 0.594. The van der Waals surface area contributed by atoms with Gasteiger partial charge in [0, 0.05) is 0 Å². The van der Waals surface area contributed by atoms with Crippen LogP contribution in [0.1, 0.15) is 33.1 Å². The average molecular weight is 189 g/mol. The summed E-state index contributed by atoms with van der Waals surface area (Å²) >= 11 is 0. The molecule has 2 unspecified atom stereocenters. The summed E-state index contributed by atoms with van der Waals surface area (Å²) < 4.78 is 4.73. The fourth-order valence-electron chi connectivity index (χ4n) is 1.00. The minimum Gasteiger partial charge on any atom is -0.465 e. The first-order valence-corrected chi connectivity index (χ1v) is 4.68. The van der Waals surface area contributed by atoms with Gasteiger partial charge >= 0.3 is 5.97 Å². The molecule has 0 aliphatic heterocycles. The summed E-state index contributed by atoms with van der Waals surface area (Å²) in [6.07, 6.45) is 1.67. The van der Waals surface area contributed by atoms with Crippen LogP contribution in [0.25, 0.3) is 0 Å². The lowest BCUT2D eigenvalue weighted by molar-refractivity contribution is -0.144. The van der Waals surface area contributed by atoms with E-state index in [9.17, 15) is 4.79 Å². The maximum Gasteiger partial charge on any atom is 0.322 e. The molecule has 3 N–H and O–H groups in total. The second-order valence-electron chi connectivity index (χ2n) is 3.14. The molecule has 0 aromatic heterocycles. The molecule has 2 atom stereocenters. The third-order valence-electron chi connectivity index (χ3n) is 1.73. The molecule has 0 heterocycles. The van der Waals surface area contributed by atoms with E-state index in [-0.39, 0.29) is 12.1 Å². The van der Waals surface area contributed by atoms with Crippen molar-refractivity contribution in [2.75, 3.05) is 6.61 Å². The van der Waals surface area contributed by atoms with Gasteiger partial charge < -0.3 is 15.6 Å². The zero-order valence-electron chi connectivity index (χ0n) is 8.32. The molecule has 0 bridgehead atoms. The van der Waals surface area contributed by atoms with Crippen LogP contribution in [0.5, 0.6) is 0 Å². The minimum absolute atomic E-state index is 0.325. The van der Waals surface area contributed by atoms with Gasteiger partial charge in [-0.05, 0) is 33.1 Å². The van der Waals surface area contributed by atoms with Crippen molar-refractivity contribution in [2.24, 2.45) is 5.73 Å². The van der Waals surface area contributed by atoms with Crippen LogP contribution in [0.15, 0.2) is 0 Å². The standard InChI is InChI=1S/C9H19NO3/c1-3-13-9(12)8(10)6-4-5-7(2)11/h7-8,11H,3-6,10H2,1-2H3. The Kier molecular flexibility index (Phi) is 6.54. The molecule has 78 valence electrons. The number of carbonyl (C=O) groups excluding carboxylic acids is 1. The molecule has 0 aromatic carbocycles. The Bertz CT molecular complexity index is 148. The fourth-order valence-corrected chi connectivity index (χ4v) is 1.00. The van der Waals surface area contributed by atoms with E-state index in [0.717, 1.165) is 6.42 Å². The van der Waals surface area contributed by atoms with Crippen molar-refractivity contribution in [3.8, 4) is 0 Å². The Hall–Kier alpha value is -0.610. The van der Waals surface area contributed by atoms with E-state index in [1.54, 1.807) is 13.8 Å². The predicted octanol–water partition coefficient (Wildman–Crippen LogP) is 0.428. The van der Waals surface area contributed by atoms with E-state index in [4.69, 9.17) is 15.6 Å². The number of carbonyl (C=O) groups is 1. The average Bonchev–Trinajstić information content (AvgIpc) is 2.04. The summed E-state index contributed by atoms with van der Waals surface area (Å²) in [5, 5.41) is 8.95. The van der Waals surface area contributed by atoms with E-state index in [1.165, 1.54) is 0 Å². The topological polar surface area (TPSA) is 72.5 Å². The second-order valence-corrected chi connectivity index (χ2v) is 3.14. The lowest BCUT2D eigenvalue weighted by Crippen LogP contribution is -2.32. The molecule has 0 saturated heterocycles. The number of esters is 1. The van der Waals surface area contributed by atoms with E-state index < -0.39 is 6.04 Å². The molecule has 0 radical (unpaired) electrons. The third kappa shape index (κ3) is 6.54. The molecule has 13 heavy (non-hydrogen) atoms. The number of ether oxygens (including phenoxy) is 1. The summed E-state index contributed by atoms with van der Waals surface area (Å²) in [6.45, 7) is 3.83. The fraction of sp³-hybridized carbons (Fsp3) is 0.889. The van der Waals surface area contributed by atoms with Crippen LogP contribution < -0.4 is 5.73 Å². The molecule has 0 rings (SSSR count). The maximum atomic E-state index is 11.0. The Morgan fingerprint density at radius 3 is 2.62 bits per heavy atom. The van der Waals surface area contributed by atoms with Crippen molar-refractivity contribution < 1.29 is 14.6 Å². The van der Waals surface area contributed by atoms with Crippen molar-refractivity contribution >= 4 is 5.97 Å². The van der Waals surface area contributed by atoms with Gasteiger partial charge in [0.15, 0.2) is 0 Å². The van der Waals surface area contributed by atoms with Crippen LogP contribution in [0.2, 0.25) is 0 Å². The van der Waals surface area contributed by atoms with Gasteiger partial charge in [-0.2, -0.15) is 0 Å². The first-order valence-electron chi connectivity index (χ1n) is 4.68. The number of rotatable bonds is 6. The molecule has 0 spiro atoms. The molecule has 0 amide bonds.